The molecule has 0 heterocycles. The lowest BCUT2D eigenvalue weighted by atomic mass is 9.89. The van der Waals surface area contributed by atoms with Gasteiger partial charge in [-0.15, -0.1) is 0 Å². The molecule has 0 saturated carbocycles. The van der Waals surface area contributed by atoms with Crippen LogP contribution in [0.15, 0.2) is 23.5 Å². The van der Waals surface area contributed by atoms with Crippen molar-refractivity contribution in [3.8, 4) is 0 Å². The SMILES string of the molecule is COC1=CC=C(C=O)CC1CCCNC(=O)C(F)(F)F. The molecule has 1 unspecified atom stereocenters. The molecule has 0 saturated heterocycles. The van der Waals surface area contributed by atoms with Gasteiger partial charge < -0.3 is 10.1 Å². The fraction of sp³-hybridized carbons (Fsp3) is 0.538. The molecule has 0 aromatic heterocycles. The van der Waals surface area contributed by atoms with Crippen LogP contribution < -0.4 is 5.32 Å². The van der Waals surface area contributed by atoms with E-state index < -0.39 is 12.1 Å². The Morgan fingerprint density at radius 1 is 1.50 bits per heavy atom. The molecule has 1 N–H and O–H groups in total. The van der Waals surface area contributed by atoms with Crippen LogP contribution in [0, 0.1) is 5.92 Å². The Labute approximate surface area is 114 Å². The third-order valence-electron chi connectivity index (χ3n) is 3.01. The first-order valence-corrected chi connectivity index (χ1v) is 6.13. The van der Waals surface area contributed by atoms with Gasteiger partial charge in [0.25, 0.3) is 0 Å². The number of alkyl halides is 3. The standard InChI is InChI=1S/C13H16F3NO3/c1-20-11-5-4-9(8-18)7-10(11)3-2-6-17-12(19)13(14,15)16/h4-5,8,10H,2-3,6-7H2,1H3,(H,17,19). The first kappa shape index (κ1) is 16.3. The van der Waals surface area contributed by atoms with Crippen molar-refractivity contribution >= 4 is 12.2 Å². The zero-order chi connectivity index (χ0) is 15.2. The van der Waals surface area contributed by atoms with Crippen molar-refractivity contribution < 1.29 is 27.5 Å². The summed E-state index contributed by atoms with van der Waals surface area (Å²) in [7, 11) is 1.50. The Hall–Kier alpha value is -1.79. The van der Waals surface area contributed by atoms with Gasteiger partial charge in [-0.05, 0) is 30.9 Å². The third-order valence-corrected chi connectivity index (χ3v) is 3.01. The van der Waals surface area contributed by atoms with Crippen molar-refractivity contribution in [2.45, 2.75) is 25.4 Å². The average molecular weight is 291 g/mol. The molecule has 0 fully saturated rings. The van der Waals surface area contributed by atoms with Crippen LogP contribution in [0.4, 0.5) is 13.2 Å². The van der Waals surface area contributed by atoms with E-state index in [-0.39, 0.29) is 12.5 Å². The molecule has 0 aromatic carbocycles. The van der Waals surface area contributed by atoms with Crippen LogP contribution in [-0.2, 0) is 14.3 Å². The molecule has 1 amide bonds. The van der Waals surface area contributed by atoms with Crippen molar-refractivity contribution in [1.29, 1.82) is 0 Å². The van der Waals surface area contributed by atoms with Crippen molar-refractivity contribution in [2.75, 3.05) is 13.7 Å². The molecule has 4 nitrogen and oxygen atoms in total. The van der Waals surface area contributed by atoms with Gasteiger partial charge in [0.1, 0.15) is 6.29 Å². The maximum Gasteiger partial charge on any atom is 0.471 e. The zero-order valence-electron chi connectivity index (χ0n) is 11.0. The molecular weight excluding hydrogens is 275 g/mol. The molecule has 1 atom stereocenters. The summed E-state index contributed by atoms with van der Waals surface area (Å²) in [5.74, 6) is -1.29. The Balaban J connectivity index is 2.39. The predicted molar refractivity (Wildman–Crippen MR) is 65.6 cm³/mol. The number of ether oxygens (including phenoxy) is 1. The van der Waals surface area contributed by atoms with Crippen molar-refractivity contribution in [3.05, 3.63) is 23.5 Å². The number of methoxy groups -OCH3 is 1. The van der Waals surface area contributed by atoms with E-state index in [1.54, 1.807) is 12.2 Å². The van der Waals surface area contributed by atoms with Crippen molar-refractivity contribution in [3.63, 3.8) is 0 Å². The van der Waals surface area contributed by atoms with E-state index in [1.807, 2.05) is 5.32 Å². The van der Waals surface area contributed by atoms with E-state index in [0.717, 1.165) is 6.29 Å². The minimum Gasteiger partial charge on any atom is -0.501 e. The minimum absolute atomic E-state index is 0.0482. The van der Waals surface area contributed by atoms with E-state index in [2.05, 4.69) is 0 Å². The fourth-order valence-electron chi connectivity index (χ4n) is 2.00. The molecule has 112 valence electrons. The molecule has 1 aliphatic rings. The van der Waals surface area contributed by atoms with Gasteiger partial charge in [0.15, 0.2) is 0 Å². The maximum absolute atomic E-state index is 12.0. The molecule has 0 aromatic rings. The molecule has 7 heteroatoms. The van der Waals surface area contributed by atoms with E-state index in [9.17, 15) is 22.8 Å². The first-order chi connectivity index (χ1) is 9.38. The highest BCUT2D eigenvalue weighted by Gasteiger charge is 2.38. The second-order valence-electron chi connectivity index (χ2n) is 4.43. The highest BCUT2D eigenvalue weighted by atomic mass is 19.4. The Kier molecular flexibility index (Phi) is 5.79. The van der Waals surface area contributed by atoms with Gasteiger partial charge in [-0.1, -0.05) is 6.08 Å². The number of allylic oxidation sites excluding steroid dienone is 4. The first-order valence-electron chi connectivity index (χ1n) is 6.13. The Morgan fingerprint density at radius 3 is 2.75 bits per heavy atom. The summed E-state index contributed by atoms with van der Waals surface area (Å²) >= 11 is 0. The number of hydrogen-bond donors (Lipinski definition) is 1. The minimum atomic E-state index is -4.85. The normalized spacial score (nSPS) is 18.9. The van der Waals surface area contributed by atoms with E-state index in [0.29, 0.717) is 30.6 Å². The molecule has 0 bridgehead atoms. The van der Waals surface area contributed by atoms with Crippen LogP contribution >= 0.6 is 0 Å². The zero-order valence-corrected chi connectivity index (χ0v) is 11.0. The number of aldehydes is 1. The summed E-state index contributed by atoms with van der Waals surface area (Å²) in [6.07, 6.45) is 0.649. The molecule has 0 radical (unpaired) electrons. The lowest BCUT2D eigenvalue weighted by Crippen LogP contribution is -2.37. The van der Waals surface area contributed by atoms with Gasteiger partial charge in [-0.2, -0.15) is 13.2 Å². The summed E-state index contributed by atoms with van der Waals surface area (Å²) in [5.41, 5.74) is 0.620. The van der Waals surface area contributed by atoms with Crippen LogP contribution in [0.5, 0.6) is 0 Å². The highest BCUT2D eigenvalue weighted by molar-refractivity contribution is 5.81. The van der Waals surface area contributed by atoms with Crippen molar-refractivity contribution in [2.24, 2.45) is 5.92 Å². The van der Waals surface area contributed by atoms with Gasteiger partial charge in [0.2, 0.25) is 0 Å². The summed E-state index contributed by atoms with van der Waals surface area (Å²) in [6, 6.07) is 0. The molecule has 1 rings (SSSR count). The second kappa shape index (κ2) is 7.12. The van der Waals surface area contributed by atoms with E-state index >= 15 is 0 Å². The number of carbonyl (C=O) groups excluding carboxylic acids is 2. The monoisotopic (exact) mass is 291 g/mol. The van der Waals surface area contributed by atoms with Crippen LogP contribution in [0.2, 0.25) is 0 Å². The molecule has 20 heavy (non-hydrogen) atoms. The smallest absolute Gasteiger partial charge is 0.471 e. The summed E-state index contributed by atoms with van der Waals surface area (Å²) in [4.78, 5) is 21.3. The molecule has 1 aliphatic carbocycles. The van der Waals surface area contributed by atoms with Gasteiger partial charge in [0, 0.05) is 12.5 Å². The van der Waals surface area contributed by atoms with Crippen LogP contribution in [0.1, 0.15) is 19.3 Å². The largest absolute Gasteiger partial charge is 0.501 e. The third kappa shape index (κ3) is 4.71. The molecular formula is C13H16F3NO3. The Morgan fingerprint density at radius 2 is 2.20 bits per heavy atom. The van der Waals surface area contributed by atoms with Crippen LogP contribution in [0.25, 0.3) is 0 Å². The predicted octanol–water partition coefficient (Wildman–Crippen LogP) is 2.12. The summed E-state index contributed by atoms with van der Waals surface area (Å²) in [6.45, 7) is -0.0635. The van der Waals surface area contributed by atoms with Crippen LogP contribution in [-0.4, -0.2) is 32.0 Å². The van der Waals surface area contributed by atoms with Gasteiger partial charge in [-0.25, -0.2) is 0 Å². The number of nitrogens with one attached hydrogen (secondary N) is 1. The number of halogens is 3. The summed E-state index contributed by atoms with van der Waals surface area (Å²) < 4.78 is 41.0. The average Bonchev–Trinajstić information content (AvgIpc) is 2.41. The topological polar surface area (TPSA) is 55.4 Å². The van der Waals surface area contributed by atoms with Crippen molar-refractivity contribution in [1.82, 2.24) is 5.32 Å². The Bertz CT molecular complexity index is 427. The maximum atomic E-state index is 12.0. The number of amides is 1. The number of carbonyl (C=O) groups is 2. The number of hydrogen-bond acceptors (Lipinski definition) is 3. The van der Waals surface area contributed by atoms with Crippen LogP contribution in [0.3, 0.4) is 0 Å². The summed E-state index contributed by atoms with van der Waals surface area (Å²) in [5, 5.41) is 1.81. The molecule has 0 spiro atoms. The fourth-order valence-corrected chi connectivity index (χ4v) is 2.00. The van der Waals surface area contributed by atoms with Gasteiger partial charge in [-0.3, -0.25) is 9.59 Å². The highest BCUT2D eigenvalue weighted by Crippen LogP contribution is 2.28. The second-order valence-corrected chi connectivity index (χ2v) is 4.43. The molecule has 0 aliphatic heterocycles. The van der Waals surface area contributed by atoms with Gasteiger partial charge >= 0.3 is 12.1 Å². The van der Waals surface area contributed by atoms with Gasteiger partial charge in [0.05, 0.1) is 12.9 Å². The van der Waals surface area contributed by atoms with E-state index in [1.165, 1.54) is 7.11 Å². The quantitative estimate of drug-likeness (QED) is 0.602. The van der Waals surface area contributed by atoms with E-state index in [4.69, 9.17) is 4.74 Å². The number of rotatable bonds is 6. The lowest BCUT2D eigenvalue weighted by Gasteiger charge is -2.22. The lowest BCUT2D eigenvalue weighted by molar-refractivity contribution is -0.173.